The van der Waals surface area contributed by atoms with Gasteiger partial charge in [0.25, 0.3) is 0 Å². The Morgan fingerprint density at radius 2 is 1.71 bits per heavy atom. The van der Waals surface area contributed by atoms with E-state index in [9.17, 15) is 0 Å². The smallest absolute Gasteiger partial charge is 0.173 e. The van der Waals surface area contributed by atoms with Crippen LogP contribution in [0.4, 0.5) is 11.6 Å². The van der Waals surface area contributed by atoms with Crippen LogP contribution in [-0.2, 0) is 6.54 Å². The van der Waals surface area contributed by atoms with Crippen LogP contribution in [0.25, 0.3) is 0 Å². The fourth-order valence-electron chi connectivity index (χ4n) is 1.92. The second-order valence-electron chi connectivity index (χ2n) is 4.79. The van der Waals surface area contributed by atoms with Gasteiger partial charge in [-0.2, -0.15) is 0 Å². The van der Waals surface area contributed by atoms with Crippen LogP contribution < -0.4 is 9.80 Å². The molecule has 0 bridgehead atoms. The molecule has 1 heterocycles. The molecule has 2 aromatic rings. The molecule has 0 spiro atoms. The lowest BCUT2D eigenvalue weighted by atomic mass is 10.2. The quantitative estimate of drug-likeness (QED) is 0.782. The third-order valence-corrected chi connectivity index (χ3v) is 4.04. The van der Waals surface area contributed by atoms with Crippen LogP contribution >= 0.6 is 39.1 Å². The predicted octanol–water partition coefficient (Wildman–Crippen LogP) is 4.25. The molecule has 0 amide bonds. The second-order valence-corrected chi connectivity index (χ2v) is 6.42. The first-order valence-corrected chi connectivity index (χ1v) is 7.79. The van der Waals surface area contributed by atoms with Crippen molar-refractivity contribution < 1.29 is 0 Å². The Balaban J connectivity index is 2.36. The molecule has 0 N–H and O–H groups in total. The van der Waals surface area contributed by atoms with Gasteiger partial charge in [-0.3, -0.25) is 0 Å². The van der Waals surface area contributed by atoms with Crippen LogP contribution in [0.3, 0.4) is 0 Å². The molecular weight excluding hydrogens is 375 g/mol. The van der Waals surface area contributed by atoms with Crippen molar-refractivity contribution in [3.05, 3.63) is 44.6 Å². The van der Waals surface area contributed by atoms with Gasteiger partial charge < -0.3 is 9.80 Å². The average Bonchev–Trinajstić information content (AvgIpc) is 2.42. The molecule has 1 aromatic carbocycles. The molecule has 112 valence electrons. The number of hydrogen-bond donors (Lipinski definition) is 0. The van der Waals surface area contributed by atoms with E-state index in [1.807, 2.05) is 49.1 Å². The predicted molar refractivity (Wildman–Crippen MR) is 92.6 cm³/mol. The fraction of sp³-hybridized carbons (Fsp3) is 0.286. The van der Waals surface area contributed by atoms with Crippen molar-refractivity contribution in [2.75, 3.05) is 30.9 Å². The number of anilines is 2. The summed E-state index contributed by atoms with van der Waals surface area (Å²) in [6.45, 7) is 0.546. The summed E-state index contributed by atoms with van der Waals surface area (Å²) in [7, 11) is 5.79. The Morgan fingerprint density at radius 3 is 2.29 bits per heavy atom. The van der Waals surface area contributed by atoms with Gasteiger partial charge in [-0.1, -0.05) is 29.3 Å². The highest BCUT2D eigenvalue weighted by Gasteiger charge is 2.16. The Kier molecular flexibility index (Phi) is 5.30. The van der Waals surface area contributed by atoms with E-state index in [0.717, 1.165) is 17.2 Å². The third kappa shape index (κ3) is 3.78. The van der Waals surface area contributed by atoms with Gasteiger partial charge >= 0.3 is 0 Å². The van der Waals surface area contributed by atoms with Crippen LogP contribution in [0.15, 0.2) is 29.0 Å². The average molecular weight is 390 g/mol. The maximum absolute atomic E-state index is 6.23. The van der Waals surface area contributed by atoms with Crippen molar-refractivity contribution in [3.8, 4) is 0 Å². The highest BCUT2D eigenvalue weighted by Crippen LogP contribution is 2.30. The molecule has 2 rings (SSSR count). The minimum atomic E-state index is 0.546. The normalized spacial score (nSPS) is 10.6. The molecule has 0 fully saturated rings. The Labute approximate surface area is 142 Å². The van der Waals surface area contributed by atoms with Crippen molar-refractivity contribution in [3.63, 3.8) is 0 Å². The zero-order valence-corrected chi connectivity index (χ0v) is 15.0. The van der Waals surface area contributed by atoms with Crippen molar-refractivity contribution in [2.45, 2.75) is 6.54 Å². The molecule has 4 nitrogen and oxygen atoms in total. The van der Waals surface area contributed by atoms with Crippen LogP contribution in [0, 0.1) is 0 Å². The molecule has 0 saturated carbocycles. The van der Waals surface area contributed by atoms with Gasteiger partial charge in [-0.25, -0.2) is 9.97 Å². The maximum Gasteiger partial charge on any atom is 0.173 e. The van der Waals surface area contributed by atoms with Crippen LogP contribution in [-0.4, -0.2) is 31.1 Å². The van der Waals surface area contributed by atoms with Gasteiger partial charge in [-0.15, -0.1) is 0 Å². The standard InChI is InChI=1S/C14H15BrCl2N4/c1-20(2)13-14(19-12(15)7-18-13)21(3)8-9-10(16)5-4-6-11(9)17/h4-7H,8H2,1-3H3. The Morgan fingerprint density at radius 1 is 1.10 bits per heavy atom. The van der Waals surface area contributed by atoms with Crippen molar-refractivity contribution in [1.82, 2.24) is 9.97 Å². The maximum atomic E-state index is 6.23. The first-order chi connectivity index (χ1) is 9.90. The summed E-state index contributed by atoms with van der Waals surface area (Å²) in [5.41, 5.74) is 0.870. The summed E-state index contributed by atoms with van der Waals surface area (Å²) in [6.07, 6.45) is 1.68. The molecule has 0 unspecified atom stereocenters. The van der Waals surface area contributed by atoms with Gasteiger partial charge in [0.05, 0.1) is 6.20 Å². The number of halogens is 3. The molecule has 0 aliphatic rings. The largest absolute Gasteiger partial charge is 0.360 e. The highest BCUT2D eigenvalue weighted by atomic mass is 79.9. The number of hydrogen-bond acceptors (Lipinski definition) is 4. The van der Waals surface area contributed by atoms with Crippen LogP contribution in [0.2, 0.25) is 10.0 Å². The van der Waals surface area contributed by atoms with Crippen LogP contribution in [0.5, 0.6) is 0 Å². The molecule has 0 aliphatic carbocycles. The minimum absolute atomic E-state index is 0.546. The lowest BCUT2D eigenvalue weighted by molar-refractivity contribution is 0.875. The second kappa shape index (κ2) is 6.81. The molecule has 0 atom stereocenters. The van der Waals surface area contributed by atoms with Crippen molar-refractivity contribution in [2.24, 2.45) is 0 Å². The summed E-state index contributed by atoms with van der Waals surface area (Å²) in [4.78, 5) is 12.8. The summed E-state index contributed by atoms with van der Waals surface area (Å²) in [5.74, 6) is 1.54. The van der Waals surface area contributed by atoms with E-state index in [0.29, 0.717) is 21.2 Å². The van der Waals surface area contributed by atoms with E-state index in [1.54, 1.807) is 6.20 Å². The van der Waals surface area contributed by atoms with Gasteiger partial charge in [0.15, 0.2) is 11.6 Å². The Hall–Kier alpha value is -1.04. The number of nitrogens with zero attached hydrogens (tertiary/aromatic N) is 4. The van der Waals surface area contributed by atoms with Gasteiger partial charge in [0, 0.05) is 43.3 Å². The van der Waals surface area contributed by atoms with Crippen molar-refractivity contribution >= 4 is 50.8 Å². The zero-order chi connectivity index (χ0) is 15.6. The summed E-state index contributed by atoms with van der Waals surface area (Å²) >= 11 is 15.8. The van der Waals surface area contributed by atoms with Gasteiger partial charge in [0.1, 0.15) is 4.60 Å². The number of rotatable bonds is 4. The van der Waals surface area contributed by atoms with E-state index >= 15 is 0 Å². The van der Waals surface area contributed by atoms with E-state index in [4.69, 9.17) is 23.2 Å². The topological polar surface area (TPSA) is 32.3 Å². The number of aromatic nitrogens is 2. The fourth-order valence-corrected chi connectivity index (χ4v) is 2.71. The van der Waals surface area contributed by atoms with Gasteiger partial charge in [0.2, 0.25) is 0 Å². The molecule has 0 saturated heterocycles. The van der Waals surface area contributed by atoms with E-state index in [-0.39, 0.29) is 0 Å². The van der Waals surface area contributed by atoms with E-state index < -0.39 is 0 Å². The first kappa shape index (κ1) is 16.3. The third-order valence-electron chi connectivity index (χ3n) is 2.95. The molecule has 7 heteroatoms. The first-order valence-electron chi connectivity index (χ1n) is 6.24. The molecule has 0 aliphatic heterocycles. The highest BCUT2D eigenvalue weighted by molar-refractivity contribution is 9.10. The molecular formula is C14H15BrCl2N4. The summed E-state index contributed by atoms with van der Waals surface area (Å²) in [5, 5.41) is 1.28. The van der Waals surface area contributed by atoms with Gasteiger partial charge in [-0.05, 0) is 28.1 Å². The minimum Gasteiger partial charge on any atom is -0.360 e. The molecule has 0 radical (unpaired) electrons. The molecule has 21 heavy (non-hydrogen) atoms. The summed E-state index contributed by atoms with van der Waals surface area (Å²) < 4.78 is 0.681. The lowest BCUT2D eigenvalue weighted by Gasteiger charge is -2.24. The Bertz CT molecular complexity index is 629. The van der Waals surface area contributed by atoms with Crippen molar-refractivity contribution in [1.29, 1.82) is 0 Å². The lowest BCUT2D eigenvalue weighted by Crippen LogP contribution is -2.23. The zero-order valence-electron chi connectivity index (χ0n) is 11.9. The molecule has 1 aromatic heterocycles. The monoisotopic (exact) mass is 388 g/mol. The SMILES string of the molecule is CN(C)c1ncc(Br)nc1N(C)Cc1c(Cl)cccc1Cl. The van der Waals surface area contributed by atoms with Crippen LogP contribution in [0.1, 0.15) is 5.56 Å². The van der Waals surface area contributed by atoms with E-state index in [2.05, 4.69) is 25.9 Å². The number of benzene rings is 1. The van der Waals surface area contributed by atoms with E-state index in [1.165, 1.54) is 0 Å². The summed E-state index contributed by atoms with van der Waals surface area (Å²) in [6, 6.07) is 5.49.